The summed E-state index contributed by atoms with van der Waals surface area (Å²) in [6.07, 6.45) is 5.42. The minimum Gasteiger partial charge on any atom is -0.336 e. The maximum absolute atomic E-state index is 16.3. The molecule has 1 atom stereocenters. The van der Waals surface area contributed by atoms with Gasteiger partial charge in [-0.05, 0) is 60.2 Å². The summed E-state index contributed by atoms with van der Waals surface area (Å²) in [7, 11) is -3.71. The van der Waals surface area contributed by atoms with Gasteiger partial charge in [0.1, 0.15) is 28.2 Å². The van der Waals surface area contributed by atoms with Gasteiger partial charge in [0.2, 0.25) is 0 Å². The van der Waals surface area contributed by atoms with Crippen molar-refractivity contribution in [1.29, 1.82) is 0 Å². The van der Waals surface area contributed by atoms with E-state index < -0.39 is 26.8 Å². The van der Waals surface area contributed by atoms with Gasteiger partial charge in [-0.3, -0.25) is 19.9 Å². The molecule has 0 saturated heterocycles. The first-order valence-electron chi connectivity index (χ1n) is 14.2. The predicted octanol–water partition coefficient (Wildman–Crippen LogP) is 5.76. The van der Waals surface area contributed by atoms with Crippen molar-refractivity contribution in [1.82, 2.24) is 30.1 Å². The molecule has 0 radical (unpaired) electrons. The zero-order valence-electron chi connectivity index (χ0n) is 24.5. The van der Waals surface area contributed by atoms with Crippen LogP contribution in [0.2, 0.25) is 0 Å². The number of hydrogen-bond donors (Lipinski definition) is 4. The number of carbonyl (C=O) groups is 1. The number of rotatable bonds is 7. The molecule has 0 aliphatic carbocycles. The van der Waals surface area contributed by atoms with Gasteiger partial charge in [-0.2, -0.15) is 5.10 Å². The average molecular weight is 651 g/mol. The molecule has 7 aromatic rings. The second kappa shape index (κ2) is 11.5. The number of fused-ring (bicyclic) bond motifs is 2. The molecule has 14 heteroatoms. The van der Waals surface area contributed by atoms with Crippen molar-refractivity contribution in [2.24, 2.45) is 5.73 Å². The third-order valence-electron chi connectivity index (χ3n) is 7.62. The van der Waals surface area contributed by atoms with Crippen LogP contribution in [0.3, 0.4) is 0 Å². The zero-order chi connectivity index (χ0) is 32.9. The first-order valence-corrected chi connectivity index (χ1v) is 16.1. The number of anilines is 1. The van der Waals surface area contributed by atoms with Gasteiger partial charge < -0.3 is 16.0 Å². The van der Waals surface area contributed by atoms with E-state index >= 15 is 4.39 Å². The number of aromatic nitrogens is 6. The summed E-state index contributed by atoms with van der Waals surface area (Å²) in [5, 5.41) is 8.67. The van der Waals surface area contributed by atoms with E-state index in [1.807, 2.05) is 6.07 Å². The van der Waals surface area contributed by atoms with Crippen LogP contribution in [0.4, 0.5) is 14.5 Å². The number of nitrogens with two attached hydrogens (primary N) is 1. The normalized spacial score (nSPS) is 12.4. The van der Waals surface area contributed by atoms with Gasteiger partial charge in [0.15, 0.2) is 15.7 Å². The molecule has 4 aromatic heterocycles. The van der Waals surface area contributed by atoms with Gasteiger partial charge in [-0.1, -0.05) is 18.2 Å². The van der Waals surface area contributed by atoms with Crippen LogP contribution in [0.15, 0.2) is 91.4 Å². The molecular formula is C33H24F2N8O3S. The van der Waals surface area contributed by atoms with E-state index in [-0.39, 0.29) is 45.2 Å². The Morgan fingerprint density at radius 2 is 1.74 bits per heavy atom. The van der Waals surface area contributed by atoms with Crippen LogP contribution in [0.5, 0.6) is 0 Å². The molecule has 0 aliphatic rings. The quantitative estimate of drug-likeness (QED) is 0.169. The summed E-state index contributed by atoms with van der Waals surface area (Å²) in [6, 6.07) is 18.9. The van der Waals surface area contributed by atoms with Gasteiger partial charge in [-0.15, -0.1) is 0 Å². The molecule has 1 unspecified atom stereocenters. The molecule has 0 fully saturated rings. The number of pyridine rings is 2. The SMILES string of the molecule is CS(=O)(=O)C(N)c1cc(F)cc(-c2nccc3[nH]c(-c4n[nH]c5ccc(-c6cncc(NC(=O)c7ccccc7)c6)c(F)c45)nc23)c1. The summed E-state index contributed by atoms with van der Waals surface area (Å²) in [6.45, 7) is 0. The van der Waals surface area contributed by atoms with Crippen LogP contribution in [-0.4, -0.2) is 50.7 Å². The van der Waals surface area contributed by atoms with Crippen LogP contribution >= 0.6 is 0 Å². The number of carbonyl (C=O) groups excluding carboxylic acids is 1. The summed E-state index contributed by atoms with van der Waals surface area (Å²) < 4.78 is 55.1. The number of halogens is 2. The van der Waals surface area contributed by atoms with E-state index in [2.05, 4.69) is 35.5 Å². The molecule has 47 heavy (non-hydrogen) atoms. The van der Waals surface area contributed by atoms with E-state index in [9.17, 15) is 17.6 Å². The van der Waals surface area contributed by atoms with Crippen LogP contribution in [0, 0.1) is 11.6 Å². The Bertz CT molecular complexity index is 2450. The highest BCUT2D eigenvalue weighted by molar-refractivity contribution is 7.90. The maximum atomic E-state index is 16.3. The third-order valence-corrected chi connectivity index (χ3v) is 8.81. The monoisotopic (exact) mass is 650 g/mol. The van der Waals surface area contributed by atoms with Gasteiger partial charge in [0.25, 0.3) is 5.91 Å². The van der Waals surface area contributed by atoms with Crippen molar-refractivity contribution in [2.75, 3.05) is 11.6 Å². The minimum atomic E-state index is -3.71. The summed E-state index contributed by atoms with van der Waals surface area (Å²) in [5.41, 5.74) is 9.37. The molecule has 4 heterocycles. The Balaban J connectivity index is 1.28. The van der Waals surface area contributed by atoms with Gasteiger partial charge in [-0.25, -0.2) is 22.2 Å². The van der Waals surface area contributed by atoms with E-state index in [1.165, 1.54) is 30.7 Å². The van der Waals surface area contributed by atoms with Crippen molar-refractivity contribution >= 4 is 43.4 Å². The molecular weight excluding hydrogens is 626 g/mol. The van der Waals surface area contributed by atoms with Crippen LogP contribution in [0.25, 0.3) is 55.8 Å². The minimum absolute atomic E-state index is 0.0585. The van der Waals surface area contributed by atoms with Crippen molar-refractivity contribution in [3.05, 3.63) is 114 Å². The van der Waals surface area contributed by atoms with Gasteiger partial charge in [0.05, 0.1) is 34.0 Å². The van der Waals surface area contributed by atoms with Gasteiger partial charge >= 0.3 is 0 Å². The Morgan fingerprint density at radius 1 is 0.936 bits per heavy atom. The molecule has 0 spiro atoms. The first-order chi connectivity index (χ1) is 22.6. The zero-order valence-corrected chi connectivity index (χ0v) is 25.3. The number of aromatic amines is 2. The Morgan fingerprint density at radius 3 is 2.53 bits per heavy atom. The fourth-order valence-corrected chi connectivity index (χ4v) is 5.97. The second-order valence-electron chi connectivity index (χ2n) is 10.9. The Kier molecular flexibility index (Phi) is 7.30. The lowest BCUT2D eigenvalue weighted by Gasteiger charge is -2.12. The van der Waals surface area contributed by atoms with Crippen LogP contribution in [-0.2, 0) is 9.84 Å². The summed E-state index contributed by atoms with van der Waals surface area (Å²) in [4.78, 5) is 29.0. The van der Waals surface area contributed by atoms with Crippen molar-refractivity contribution in [3.8, 4) is 33.9 Å². The average Bonchev–Trinajstić information content (AvgIpc) is 3.69. The number of nitrogens with one attached hydrogen (secondary N) is 3. The first kappa shape index (κ1) is 29.8. The fraction of sp³-hybridized carbons (Fsp3) is 0.0606. The van der Waals surface area contributed by atoms with Crippen LogP contribution < -0.4 is 11.1 Å². The van der Waals surface area contributed by atoms with E-state index in [0.29, 0.717) is 33.4 Å². The highest BCUT2D eigenvalue weighted by Crippen LogP contribution is 2.36. The lowest BCUT2D eigenvalue weighted by Crippen LogP contribution is -2.20. The number of sulfone groups is 1. The van der Waals surface area contributed by atoms with E-state index in [0.717, 1.165) is 12.3 Å². The van der Waals surface area contributed by atoms with Crippen molar-refractivity contribution in [3.63, 3.8) is 0 Å². The molecule has 1 amide bonds. The summed E-state index contributed by atoms with van der Waals surface area (Å²) >= 11 is 0. The summed E-state index contributed by atoms with van der Waals surface area (Å²) in [5.74, 6) is -1.41. The lowest BCUT2D eigenvalue weighted by molar-refractivity contribution is 0.102. The molecule has 0 bridgehead atoms. The third kappa shape index (κ3) is 5.60. The lowest BCUT2D eigenvalue weighted by atomic mass is 10.0. The number of hydrogen-bond acceptors (Lipinski definition) is 8. The van der Waals surface area contributed by atoms with E-state index in [4.69, 9.17) is 5.73 Å². The number of benzene rings is 3. The highest BCUT2D eigenvalue weighted by Gasteiger charge is 2.23. The number of imidazole rings is 1. The topological polar surface area (TPSA) is 172 Å². The smallest absolute Gasteiger partial charge is 0.255 e. The van der Waals surface area contributed by atoms with Crippen molar-refractivity contribution in [2.45, 2.75) is 5.37 Å². The fourth-order valence-electron chi connectivity index (χ4n) is 5.33. The number of nitrogens with zero attached hydrogens (tertiary/aromatic N) is 4. The van der Waals surface area contributed by atoms with Crippen LogP contribution in [0.1, 0.15) is 21.3 Å². The largest absolute Gasteiger partial charge is 0.336 e. The van der Waals surface area contributed by atoms with Crippen molar-refractivity contribution < 1.29 is 22.0 Å². The standard InChI is InChI=1S/C33H24F2N8O3S/c1-47(45,46)31(36)19-11-18(12-21(34)13-19)28-29-25(9-10-38-28)40-32(41-29)30-26-24(42-43-30)8-7-23(27(26)35)20-14-22(16-37-15-20)39-33(44)17-5-3-2-4-6-17/h2-16,31H,36H2,1H3,(H,39,44)(H,40,41)(H,42,43). The maximum Gasteiger partial charge on any atom is 0.255 e. The molecule has 234 valence electrons. The van der Waals surface area contributed by atoms with Gasteiger partial charge in [0, 0.05) is 40.9 Å². The Hall–Kier alpha value is -5.86. The molecule has 0 aliphatic heterocycles. The molecule has 0 saturated carbocycles. The Labute approximate surface area is 265 Å². The highest BCUT2D eigenvalue weighted by atomic mass is 32.2. The van der Waals surface area contributed by atoms with E-state index in [1.54, 1.807) is 48.5 Å². The molecule has 5 N–H and O–H groups in total. The molecule has 3 aromatic carbocycles. The second-order valence-corrected chi connectivity index (χ2v) is 13.0. The molecule has 11 nitrogen and oxygen atoms in total. The number of amides is 1. The molecule has 7 rings (SSSR count). The predicted molar refractivity (Wildman–Crippen MR) is 174 cm³/mol. The number of H-pyrrole nitrogens is 2.